The average molecular weight is 262 g/mol. The molecule has 5 heteroatoms. The Morgan fingerprint density at radius 3 is 3.21 bits per heavy atom. The zero-order valence-electron chi connectivity index (χ0n) is 11.4. The predicted molar refractivity (Wildman–Crippen MR) is 75.7 cm³/mol. The van der Waals surface area contributed by atoms with Crippen LogP contribution in [0, 0.1) is 5.92 Å². The Hall–Kier alpha value is -1.62. The standard InChI is InChI=1S/C14H22N4O/c1-2-16-9-11-5-3-7-17-14(11)18-8-4-6-12(10-18)13(15)19/h3,5,7,12,16H,2,4,6,8-10H2,1H3,(H2,15,19). The molecule has 1 saturated heterocycles. The van der Waals surface area contributed by atoms with E-state index in [0.29, 0.717) is 6.54 Å². The molecule has 1 aromatic rings. The van der Waals surface area contributed by atoms with Gasteiger partial charge in [0.25, 0.3) is 0 Å². The molecule has 2 rings (SSSR count). The average Bonchev–Trinajstić information content (AvgIpc) is 2.45. The van der Waals surface area contributed by atoms with E-state index in [1.54, 1.807) is 6.20 Å². The van der Waals surface area contributed by atoms with Crippen LogP contribution >= 0.6 is 0 Å². The Kier molecular flexibility index (Phi) is 4.74. The first-order valence-corrected chi connectivity index (χ1v) is 6.91. The molecule has 2 heterocycles. The largest absolute Gasteiger partial charge is 0.369 e. The first-order chi connectivity index (χ1) is 9.22. The number of piperidine rings is 1. The fraction of sp³-hybridized carbons (Fsp3) is 0.571. The van der Waals surface area contributed by atoms with Crippen molar-refractivity contribution < 1.29 is 4.79 Å². The number of nitrogens with one attached hydrogen (secondary N) is 1. The fourth-order valence-electron chi connectivity index (χ4n) is 2.51. The summed E-state index contributed by atoms with van der Waals surface area (Å²) in [4.78, 5) is 18.0. The number of hydrogen-bond acceptors (Lipinski definition) is 4. The number of aromatic nitrogens is 1. The number of nitrogens with zero attached hydrogens (tertiary/aromatic N) is 2. The third kappa shape index (κ3) is 3.44. The van der Waals surface area contributed by atoms with Crippen molar-refractivity contribution in [2.24, 2.45) is 11.7 Å². The quantitative estimate of drug-likeness (QED) is 0.827. The Morgan fingerprint density at radius 1 is 1.63 bits per heavy atom. The van der Waals surface area contributed by atoms with Crippen LogP contribution in [0.5, 0.6) is 0 Å². The van der Waals surface area contributed by atoms with E-state index in [1.165, 1.54) is 5.56 Å². The molecule has 1 unspecified atom stereocenters. The molecule has 1 aliphatic heterocycles. The van der Waals surface area contributed by atoms with Gasteiger partial charge >= 0.3 is 0 Å². The fourth-order valence-corrected chi connectivity index (χ4v) is 2.51. The second kappa shape index (κ2) is 6.52. The smallest absolute Gasteiger partial charge is 0.222 e. The topological polar surface area (TPSA) is 71.2 Å². The Morgan fingerprint density at radius 2 is 2.47 bits per heavy atom. The van der Waals surface area contributed by atoms with E-state index < -0.39 is 0 Å². The van der Waals surface area contributed by atoms with Crippen LogP contribution in [0.2, 0.25) is 0 Å². The number of pyridine rings is 1. The normalized spacial score (nSPS) is 19.4. The van der Waals surface area contributed by atoms with Crippen LogP contribution in [0.4, 0.5) is 5.82 Å². The third-order valence-electron chi connectivity index (χ3n) is 3.56. The lowest BCUT2D eigenvalue weighted by molar-refractivity contribution is -0.122. The van der Waals surface area contributed by atoms with Crippen molar-refractivity contribution in [2.75, 3.05) is 24.5 Å². The van der Waals surface area contributed by atoms with Crippen molar-refractivity contribution in [3.05, 3.63) is 23.9 Å². The van der Waals surface area contributed by atoms with Crippen molar-refractivity contribution in [3.63, 3.8) is 0 Å². The first kappa shape index (κ1) is 13.8. The molecule has 5 nitrogen and oxygen atoms in total. The lowest BCUT2D eigenvalue weighted by Crippen LogP contribution is -2.42. The van der Waals surface area contributed by atoms with Gasteiger partial charge in [-0.05, 0) is 25.5 Å². The highest BCUT2D eigenvalue weighted by Gasteiger charge is 2.25. The maximum Gasteiger partial charge on any atom is 0.222 e. The molecule has 19 heavy (non-hydrogen) atoms. The van der Waals surface area contributed by atoms with Crippen molar-refractivity contribution in [1.29, 1.82) is 0 Å². The van der Waals surface area contributed by atoms with E-state index in [9.17, 15) is 4.79 Å². The molecule has 0 spiro atoms. The van der Waals surface area contributed by atoms with Crippen molar-refractivity contribution >= 4 is 11.7 Å². The van der Waals surface area contributed by atoms with E-state index in [-0.39, 0.29) is 11.8 Å². The van der Waals surface area contributed by atoms with Gasteiger partial charge in [-0.25, -0.2) is 4.98 Å². The molecule has 0 saturated carbocycles. The van der Waals surface area contributed by atoms with Gasteiger partial charge in [-0.2, -0.15) is 0 Å². The molecule has 0 aromatic carbocycles. The van der Waals surface area contributed by atoms with E-state index in [0.717, 1.165) is 38.3 Å². The lowest BCUT2D eigenvalue weighted by atomic mass is 9.97. The SMILES string of the molecule is CCNCc1cccnc1N1CCCC(C(N)=O)C1. The Labute approximate surface area is 114 Å². The molecule has 0 bridgehead atoms. The van der Waals surface area contributed by atoms with Crippen LogP contribution in [-0.2, 0) is 11.3 Å². The zero-order chi connectivity index (χ0) is 13.7. The molecule has 1 fully saturated rings. The number of amides is 1. The minimum Gasteiger partial charge on any atom is -0.369 e. The minimum atomic E-state index is -0.200. The van der Waals surface area contributed by atoms with E-state index in [4.69, 9.17) is 5.73 Å². The molecule has 3 N–H and O–H groups in total. The molecule has 1 aliphatic rings. The van der Waals surface area contributed by atoms with E-state index in [2.05, 4.69) is 28.2 Å². The van der Waals surface area contributed by atoms with Crippen LogP contribution in [-0.4, -0.2) is 30.5 Å². The van der Waals surface area contributed by atoms with Crippen LogP contribution in [0.15, 0.2) is 18.3 Å². The molecule has 104 valence electrons. The lowest BCUT2D eigenvalue weighted by Gasteiger charge is -2.33. The summed E-state index contributed by atoms with van der Waals surface area (Å²) in [5.41, 5.74) is 6.60. The van der Waals surface area contributed by atoms with Crippen LogP contribution in [0.25, 0.3) is 0 Å². The summed E-state index contributed by atoms with van der Waals surface area (Å²) in [5, 5.41) is 3.32. The zero-order valence-corrected chi connectivity index (χ0v) is 11.4. The number of primary amides is 1. The highest BCUT2D eigenvalue weighted by atomic mass is 16.1. The van der Waals surface area contributed by atoms with Crippen molar-refractivity contribution in [2.45, 2.75) is 26.3 Å². The summed E-state index contributed by atoms with van der Waals surface area (Å²) in [6.45, 7) is 5.45. The van der Waals surface area contributed by atoms with E-state index >= 15 is 0 Å². The van der Waals surface area contributed by atoms with Gasteiger partial charge in [-0.15, -0.1) is 0 Å². The Bertz CT molecular complexity index is 435. The highest BCUT2D eigenvalue weighted by molar-refractivity contribution is 5.77. The molecule has 1 atom stereocenters. The van der Waals surface area contributed by atoms with Crippen molar-refractivity contribution in [3.8, 4) is 0 Å². The number of rotatable bonds is 5. The molecule has 0 radical (unpaired) electrons. The van der Waals surface area contributed by atoms with Gasteiger partial charge in [0.2, 0.25) is 5.91 Å². The molecular formula is C14H22N4O. The van der Waals surface area contributed by atoms with Gasteiger partial charge in [0, 0.05) is 31.4 Å². The van der Waals surface area contributed by atoms with Gasteiger partial charge in [0.1, 0.15) is 5.82 Å². The summed E-state index contributed by atoms with van der Waals surface area (Å²) in [7, 11) is 0. The van der Waals surface area contributed by atoms with Crippen LogP contribution in [0.3, 0.4) is 0 Å². The monoisotopic (exact) mass is 262 g/mol. The van der Waals surface area contributed by atoms with Gasteiger partial charge in [-0.1, -0.05) is 13.0 Å². The van der Waals surface area contributed by atoms with Crippen LogP contribution < -0.4 is 16.0 Å². The number of carbonyl (C=O) groups excluding carboxylic acids is 1. The second-order valence-electron chi connectivity index (χ2n) is 4.95. The highest BCUT2D eigenvalue weighted by Crippen LogP contribution is 2.24. The molecule has 0 aliphatic carbocycles. The molecule has 1 aromatic heterocycles. The first-order valence-electron chi connectivity index (χ1n) is 6.91. The summed E-state index contributed by atoms with van der Waals surface area (Å²) < 4.78 is 0. The van der Waals surface area contributed by atoms with Crippen LogP contribution in [0.1, 0.15) is 25.3 Å². The van der Waals surface area contributed by atoms with Gasteiger partial charge < -0.3 is 16.0 Å². The molecule has 1 amide bonds. The number of carbonyl (C=O) groups is 1. The summed E-state index contributed by atoms with van der Waals surface area (Å²) in [6.07, 6.45) is 3.69. The van der Waals surface area contributed by atoms with Gasteiger partial charge in [0.05, 0.1) is 5.92 Å². The van der Waals surface area contributed by atoms with Gasteiger partial charge in [-0.3, -0.25) is 4.79 Å². The van der Waals surface area contributed by atoms with Gasteiger partial charge in [0.15, 0.2) is 0 Å². The van der Waals surface area contributed by atoms with E-state index in [1.807, 2.05) is 6.07 Å². The third-order valence-corrected chi connectivity index (χ3v) is 3.56. The number of nitrogens with two attached hydrogens (primary N) is 1. The maximum absolute atomic E-state index is 11.4. The number of hydrogen-bond donors (Lipinski definition) is 2. The summed E-state index contributed by atoms with van der Waals surface area (Å²) >= 11 is 0. The second-order valence-corrected chi connectivity index (χ2v) is 4.95. The summed E-state index contributed by atoms with van der Waals surface area (Å²) in [5.74, 6) is 0.728. The predicted octanol–water partition coefficient (Wildman–Crippen LogP) is 0.893. The maximum atomic E-state index is 11.4. The molecular weight excluding hydrogens is 240 g/mol. The Balaban J connectivity index is 2.14. The summed E-state index contributed by atoms with van der Waals surface area (Å²) in [6, 6.07) is 4.03. The van der Waals surface area contributed by atoms with Crippen molar-refractivity contribution in [1.82, 2.24) is 10.3 Å². The number of anilines is 1. The minimum absolute atomic E-state index is 0.0530.